The number of hydrogen-bond donors (Lipinski definition) is 1. The van der Waals surface area contributed by atoms with Gasteiger partial charge in [0.25, 0.3) is 0 Å². The molecule has 1 aromatic carbocycles. The Morgan fingerprint density at radius 1 is 0.714 bits per heavy atom. The first-order valence-corrected chi connectivity index (χ1v) is 12.5. The van der Waals surface area contributed by atoms with Gasteiger partial charge in [-0.3, -0.25) is 0 Å². The lowest BCUT2D eigenvalue weighted by Gasteiger charge is -2.03. The highest BCUT2D eigenvalue weighted by atomic mass is 28.1. The van der Waals surface area contributed by atoms with Crippen molar-refractivity contribution in [1.29, 1.82) is 0 Å². The van der Waals surface area contributed by atoms with Crippen LogP contribution in [0.15, 0.2) is 30.8 Å². The molecule has 0 spiro atoms. The molecule has 0 heterocycles. The first kappa shape index (κ1) is 27.0. The molecule has 1 nitrogen and oxygen atoms in total. The molecule has 0 fully saturated rings. The van der Waals surface area contributed by atoms with Gasteiger partial charge in [0.2, 0.25) is 0 Å². The van der Waals surface area contributed by atoms with Crippen molar-refractivity contribution in [2.24, 2.45) is 0 Å². The third-order valence-electron chi connectivity index (χ3n) is 5.19. The van der Waals surface area contributed by atoms with Gasteiger partial charge in [0.1, 0.15) is 5.75 Å². The molecule has 28 heavy (non-hydrogen) atoms. The summed E-state index contributed by atoms with van der Waals surface area (Å²) in [5, 5.41) is 9.04. The average molecular weight is 402 g/mol. The van der Waals surface area contributed by atoms with Gasteiger partial charge in [-0.05, 0) is 6.07 Å². The number of hydrogen-bond acceptors (Lipinski definition) is 1. The van der Waals surface area contributed by atoms with E-state index in [1.165, 1.54) is 109 Å². The highest BCUT2D eigenvalue weighted by Gasteiger charge is 1.94. The molecular weight excluding hydrogens is 356 g/mol. The van der Waals surface area contributed by atoms with Crippen molar-refractivity contribution >= 4 is 16.3 Å². The molecule has 2 heteroatoms. The van der Waals surface area contributed by atoms with Gasteiger partial charge >= 0.3 is 0 Å². The molecule has 1 rings (SSSR count). The average Bonchev–Trinajstić information content (AvgIpc) is 2.72. The van der Waals surface area contributed by atoms with Gasteiger partial charge in [-0.15, -0.1) is 0 Å². The van der Waals surface area contributed by atoms with Crippen LogP contribution in [0.3, 0.4) is 0 Å². The Balaban J connectivity index is 0.000000668. The minimum Gasteiger partial charge on any atom is -0.507 e. The van der Waals surface area contributed by atoms with Gasteiger partial charge in [-0.2, -0.15) is 0 Å². The zero-order valence-electron chi connectivity index (χ0n) is 18.6. The summed E-state index contributed by atoms with van der Waals surface area (Å²) in [4.78, 5) is 0. The fraction of sp³-hybridized carbons (Fsp3) is 0.692. The molecule has 159 valence electrons. The summed E-state index contributed by atoms with van der Waals surface area (Å²) in [6.45, 7) is 5.83. The number of phenolic OH excluding ortho intramolecular Hbond substituents is 1. The van der Waals surface area contributed by atoms with Crippen molar-refractivity contribution in [2.75, 3.05) is 0 Å². The van der Waals surface area contributed by atoms with E-state index in [4.69, 9.17) is 5.11 Å². The molecule has 3 radical (unpaired) electrons. The van der Waals surface area contributed by atoms with Crippen LogP contribution in [0.1, 0.15) is 115 Å². The van der Waals surface area contributed by atoms with Crippen molar-refractivity contribution in [1.82, 2.24) is 0 Å². The van der Waals surface area contributed by atoms with Crippen LogP contribution in [0.25, 0.3) is 6.08 Å². The topological polar surface area (TPSA) is 20.2 Å². The van der Waals surface area contributed by atoms with E-state index in [-0.39, 0.29) is 5.75 Å². The predicted molar refractivity (Wildman–Crippen MR) is 128 cm³/mol. The van der Waals surface area contributed by atoms with Crippen LogP contribution in [0.4, 0.5) is 0 Å². The molecule has 0 saturated heterocycles. The van der Waals surface area contributed by atoms with E-state index in [1.54, 1.807) is 18.2 Å². The lowest BCUT2D eigenvalue weighted by atomic mass is 10.0. The summed E-state index contributed by atoms with van der Waals surface area (Å²) in [6, 6.07) is 8.26. The second kappa shape index (κ2) is 22.3. The van der Waals surface area contributed by atoms with E-state index < -0.39 is 0 Å². The van der Waals surface area contributed by atoms with Gasteiger partial charge in [0.05, 0.1) is 0 Å². The van der Waals surface area contributed by atoms with Crippen molar-refractivity contribution in [3.63, 3.8) is 0 Å². The maximum atomic E-state index is 9.04. The number of unbranched alkanes of at least 4 members (excludes halogenated alkanes) is 15. The summed E-state index contributed by atoms with van der Waals surface area (Å²) in [5.74, 6) is 0.285. The molecule has 0 aliphatic carbocycles. The van der Waals surface area contributed by atoms with Gasteiger partial charge in [0.15, 0.2) is 0 Å². The van der Waals surface area contributed by atoms with Crippen molar-refractivity contribution in [2.45, 2.75) is 116 Å². The van der Waals surface area contributed by atoms with Crippen LogP contribution in [-0.2, 0) is 0 Å². The standard InChI is InChI=1S/C18H37Si.C8H8O/c1-2-3-4-5-6-7-8-9-10-11-12-13-14-15-16-17-18-19;1-2-7-5-3-4-6-8(7)9/h2-18H2,1H3;2-6,9H,1H2. The minimum absolute atomic E-state index is 0.285. The minimum atomic E-state index is 0.285. The van der Waals surface area contributed by atoms with E-state index in [0.29, 0.717) is 0 Å². The van der Waals surface area contributed by atoms with Crippen molar-refractivity contribution in [3.05, 3.63) is 36.4 Å². The zero-order chi connectivity index (χ0) is 20.7. The second-order valence-electron chi connectivity index (χ2n) is 7.82. The zero-order valence-corrected chi connectivity index (χ0v) is 19.6. The highest BCUT2D eigenvalue weighted by molar-refractivity contribution is 6.08. The largest absolute Gasteiger partial charge is 0.507 e. The maximum absolute atomic E-state index is 9.04. The predicted octanol–water partition coefficient (Wildman–Crippen LogP) is 8.87. The molecule has 0 aliphatic rings. The number of rotatable bonds is 17. The summed E-state index contributed by atoms with van der Waals surface area (Å²) in [5.41, 5.74) is 0.775. The molecular formula is C26H45OSi. The molecule has 0 bridgehead atoms. The van der Waals surface area contributed by atoms with Gasteiger partial charge < -0.3 is 5.11 Å². The third kappa shape index (κ3) is 18.3. The normalized spacial score (nSPS) is 10.4. The van der Waals surface area contributed by atoms with Crippen LogP contribution in [0.2, 0.25) is 6.04 Å². The lowest BCUT2D eigenvalue weighted by Crippen LogP contribution is -1.83. The Hall–Kier alpha value is -1.02. The first-order chi connectivity index (χ1) is 13.8. The number of benzene rings is 1. The number of para-hydroxylation sites is 1. The third-order valence-corrected chi connectivity index (χ3v) is 5.54. The molecule has 0 saturated carbocycles. The quantitative estimate of drug-likeness (QED) is 0.204. The van der Waals surface area contributed by atoms with Crippen LogP contribution in [-0.4, -0.2) is 15.3 Å². The molecule has 1 N–H and O–H groups in total. The van der Waals surface area contributed by atoms with E-state index in [9.17, 15) is 0 Å². The van der Waals surface area contributed by atoms with Gasteiger partial charge in [0, 0.05) is 15.8 Å². The first-order valence-electron chi connectivity index (χ1n) is 11.8. The van der Waals surface area contributed by atoms with Crippen LogP contribution < -0.4 is 0 Å². The molecule has 0 aliphatic heterocycles. The Bertz CT molecular complexity index is 428. The fourth-order valence-corrected chi connectivity index (χ4v) is 3.58. The highest BCUT2D eigenvalue weighted by Crippen LogP contribution is 2.15. The number of aromatic hydroxyl groups is 1. The lowest BCUT2D eigenvalue weighted by molar-refractivity contribution is 0.474. The molecule has 0 atom stereocenters. The van der Waals surface area contributed by atoms with Gasteiger partial charge in [-0.25, -0.2) is 0 Å². The summed E-state index contributed by atoms with van der Waals surface area (Å²) < 4.78 is 0. The molecule has 0 amide bonds. The van der Waals surface area contributed by atoms with E-state index in [1.807, 2.05) is 12.1 Å². The van der Waals surface area contributed by atoms with E-state index in [0.717, 1.165) is 5.56 Å². The van der Waals surface area contributed by atoms with E-state index in [2.05, 4.69) is 23.7 Å². The SMILES string of the molecule is C=Cc1ccccc1O.CCCCCCCCCCCCCCCCCC[Si]. The second-order valence-corrected chi connectivity index (χ2v) is 8.32. The van der Waals surface area contributed by atoms with Crippen LogP contribution in [0, 0.1) is 0 Å². The smallest absolute Gasteiger partial charge is 0.122 e. The van der Waals surface area contributed by atoms with Crippen molar-refractivity contribution < 1.29 is 5.11 Å². The van der Waals surface area contributed by atoms with E-state index >= 15 is 0 Å². The molecule has 0 aromatic heterocycles. The summed E-state index contributed by atoms with van der Waals surface area (Å²) in [6.07, 6.45) is 24.9. The maximum Gasteiger partial charge on any atom is 0.122 e. The fourth-order valence-electron chi connectivity index (χ4n) is 3.33. The Morgan fingerprint density at radius 3 is 1.43 bits per heavy atom. The summed E-state index contributed by atoms with van der Waals surface area (Å²) >= 11 is 0. The van der Waals surface area contributed by atoms with Crippen molar-refractivity contribution in [3.8, 4) is 5.75 Å². The Labute approximate surface area is 179 Å². The van der Waals surface area contributed by atoms with Crippen LogP contribution in [0.5, 0.6) is 5.75 Å². The summed E-state index contributed by atoms with van der Waals surface area (Å²) in [7, 11) is 3.53. The van der Waals surface area contributed by atoms with Crippen LogP contribution >= 0.6 is 0 Å². The Morgan fingerprint density at radius 2 is 1.11 bits per heavy atom. The number of phenols is 1. The monoisotopic (exact) mass is 401 g/mol. The molecule has 1 aromatic rings. The van der Waals surface area contributed by atoms with Gasteiger partial charge in [-0.1, -0.05) is 147 Å². The Kier molecular flexibility index (Phi) is 21.5. The molecule has 0 unspecified atom stereocenters.